The van der Waals surface area contributed by atoms with E-state index in [1.54, 1.807) is 22.9 Å². The Labute approximate surface area is 112 Å². The van der Waals surface area contributed by atoms with E-state index >= 15 is 0 Å². The molecule has 0 saturated heterocycles. The lowest BCUT2D eigenvalue weighted by Gasteiger charge is -2.15. The summed E-state index contributed by atoms with van der Waals surface area (Å²) in [7, 11) is 1.90. The zero-order chi connectivity index (χ0) is 12.3. The number of halogens is 2. The Balaban J connectivity index is 2.22. The predicted octanol–water partition coefficient (Wildman–Crippen LogP) is 3.55. The summed E-state index contributed by atoms with van der Waals surface area (Å²) in [6, 6.07) is 5.28. The molecular weight excluding hydrogens is 303 g/mol. The highest BCUT2D eigenvalue weighted by Gasteiger charge is 2.14. The highest BCUT2D eigenvalue weighted by atomic mass is 79.9. The molecule has 0 bridgehead atoms. The SMILES string of the molecule is CNC(Cc1cccc(F)c1Br)c1cncs1. The predicted molar refractivity (Wildman–Crippen MR) is 71.7 cm³/mol. The molecule has 0 aliphatic rings. The summed E-state index contributed by atoms with van der Waals surface area (Å²) in [6.45, 7) is 0. The molecule has 0 radical (unpaired) electrons. The van der Waals surface area contributed by atoms with E-state index in [0.29, 0.717) is 4.47 Å². The number of likely N-dealkylation sites (N-methyl/N-ethyl adjacent to an activating group) is 1. The lowest BCUT2D eigenvalue weighted by atomic mass is 10.1. The topological polar surface area (TPSA) is 24.9 Å². The molecule has 1 heterocycles. The monoisotopic (exact) mass is 314 g/mol. The third kappa shape index (κ3) is 2.91. The Hall–Kier alpha value is -0.780. The van der Waals surface area contributed by atoms with Crippen LogP contribution in [0.3, 0.4) is 0 Å². The number of thiazole rings is 1. The second kappa shape index (κ2) is 5.71. The minimum Gasteiger partial charge on any atom is -0.312 e. The normalized spacial score (nSPS) is 12.6. The maximum absolute atomic E-state index is 13.4. The van der Waals surface area contributed by atoms with Crippen LogP contribution in [0.25, 0.3) is 0 Å². The number of hydrogen-bond donors (Lipinski definition) is 1. The number of nitrogens with one attached hydrogen (secondary N) is 1. The average Bonchev–Trinajstić information content (AvgIpc) is 2.85. The Morgan fingerprint density at radius 2 is 2.35 bits per heavy atom. The van der Waals surface area contributed by atoms with Crippen LogP contribution < -0.4 is 5.32 Å². The second-order valence-electron chi connectivity index (χ2n) is 3.66. The van der Waals surface area contributed by atoms with Crippen molar-refractivity contribution in [3.05, 3.63) is 50.6 Å². The van der Waals surface area contributed by atoms with E-state index in [9.17, 15) is 4.39 Å². The number of nitrogens with zero attached hydrogens (tertiary/aromatic N) is 1. The molecule has 2 nitrogen and oxygen atoms in total. The standard InChI is InChI=1S/C12H12BrFN2S/c1-15-10(11-6-16-7-17-11)5-8-3-2-4-9(14)12(8)13/h2-4,6-7,10,15H,5H2,1H3. The van der Waals surface area contributed by atoms with Gasteiger partial charge in [-0.15, -0.1) is 11.3 Å². The fourth-order valence-corrected chi connectivity index (χ4v) is 2.83. The third-order valence-corrected chi connectivity index (χ3v) is 4.38. The molecule has 1 aromatic heterocycles. The van der Waals surface area contributed by atoms with Crippen LogP contribution in [0.5, 0.6) is 0 Å². The molecular formula is C12H12BrFN2S. The van der Waals surface area contributed by atoms with Gasteiger partial charge in [0, 0.05) is 17.1 Å². The van der Waals surface area contributed by atoms with E-state index in [4.69, 9.17) is 0 Å². The molecule has 1 aromatic carbocycles. The Morgan fingerprint density at radius 3 is 3.00 bits per heavy atom. The van der Waals surface area contributed by atoms with Gasteiger partial charge in [-0.25, -0.2) is 4.39 Å². The molecule has 5 heteroatoms. The first kappa shape index (κ1) is 12.7. The third-order valence-electron chi connectivity index (χ3n) is 2.60. The van der Waals surface area contributed by atoms with Gasteiger partial charge in [-0.1, -0.05) is 12.1 Å². The highest BCUT2D eigenvalue weighted by molar-refractivity contribution is 9.10. The summed E-state index contributed by atoms with van der Waals surface area (Å²) in [5.41, 5.74) is 2.76. The zero-order valence-corrected chi connectivity index (χ0v) is 11.7. The lowest BCUT2D eigenvalue weighted by Crippen LogP contribution is -2.18. The van der Waals surface area contributed by atoms with Crippen LogP contribution in [-0.2, 0) is 6.42 Å². The minimum atomic E-state index is -0.221. The Kier molecular flexibility index (Phi) is 4.25. The van der Waals surface area contributed by atoms with Crippen molar-refractivity contribution in [1.29, 1.82) is 0 Å². The van der Waals surface area contributed by atoms with Gasteiger partial charge in [-0.05, 0) is 41.0 Å². The van der Waals surface area contributed by atoms with Crippen LogP contribution in [0.2, 0.25) is 0 Å². The quantitative estimate of drug-likeness (QED) is 0.933. The molecule has 90 valence electrons. The molecule has 1 N–H and O–H groups in total. The fourth-order valence-electron chi connectivity index (χ4n) is 1.67. The summed E-state index contributed by atoms with van der Waals surface area (Å²) < 4.78 is 13.9. The van der Waals surface area contributed by atoms with Crippen molar-refractivity contribution < 1.29 is 4.39 Å². The van der Waals surface area contributed by atoms with Crippen LogP contribution >= 0.6 is 27.3 Å². The molecule has 0 aliphatic carbocycles. The van der Waals surface area contributed by atoms with E-state index in [1.165, 1.54) is 6.07 Å². The van der Waals surface area contributed by atoms with E-state index in [0.717, 1.165) is 16.9 Å². The second-order valence-corrected chi connectivity index (χ2v) is 5.37. The van der Waals surface area contributed by atoms with Crippen molar-refractivity contribution in [2.45, 2.75) is 12.5 Å². The van der Waals surface area contributed by atoms with E-state index in [2.05, 4.69) is 26.2 Å². The molecule has 0 spiro atoms. The molecule has 0 amide bonds. The molecule has 1 unspecified atom stereocenters. The van der Waals surface area contributed by atoms with Gasteiger partial charge in [0.05, 0.1) is 9.98 Å². The van der Waals surface area contributed by atoms with Gasteiger partial charge in [-0.2, -0.15) is 0 Å². The summed E-state index contributed by atoms with van der Waals surface area (Å²) in [5.74, 6) is -0.221. The van der Waals surface area contributed by atoms with Crippen molar-refractivity contribution >= 4 is 27.3 Å². The van der Waals surface area contributed by atoms with Crippen molar-refractivity contribution in [2.24, 2.45) is 0 Å². The van der Waals surface area contributed by atoms with Crippen LogP contribution in [0.15, 0.2) is 34.4 Å². The smallest absolute Gasteiger partial charge is 0.137 e. The fraction of sp³-hybridized carbons (Fsp3) is 0.250. The van der Waals surface area contributed by atoms with Crippen LogP contribution in [0.4, 0.5) is 4.39 Å². The summed E-state index contributed by atoms with van der Waals surface area (Å²) in [6.07, 6.45) is 2.58. The van der Waals surface area contributed by atoms with E-state index < -0.39 is 0 Å². The zero-order valence-electron chi connectivity index (χ0n) is 9.28. The van der Waals surface area contributed by atoms with Gasteiger partial charge >= 0.3 is 0 Å². The number of benzene rings is 1. The summed E-state index contributed by atoms with van der Waals surface area (Å²) in [4.78, 5) is 5.22. The van der Waals surface area contributed by atoms with Crippen molar-refractivity contribution in [3.63, 3.8) is 0 Å². The Bertz CT molecular complexity index is 487. The Morgan fingerprint density at radius 1 is 1.53 bits per heavy atom. The van der Waals surface area contributed by atoms with Gasteiger partial charge in [0.1, 0.15) is 5.82 Å². The number of aromatic nitrogens is 1. The van der Waals surface area contributed by atoms with Crippen LogP contribution in [0, 0.1) is 5.82 Å². The first-order valence-electron chi connectivity index (χ1n) is 5.21. The first-order chi connectivity index (χ1) is 8.22. The van der Waals surface area contributed by atoms with Gasteiger partial charge in [0.2, 0.25) is 0 Å². The van der Waals surface area contributed by atoms with Gasteiger partial charge in [-0.3, -0.25) is 4.98 Å². The highest BCUT2D eigenvalue weighted by Crippen LogP contribution is 2.27. The summed E-state index contributed by atoms with van der Waals surface area (Å²) in [5, 5.41) is 3.23. The molecule has 2 aromatic rings. The maximum Gasteiger partial charge on any atom is 0.137 e. The van der Waals surface area contributed by atoms with Gasteiger partial charge < -0.3 is 5.32 Å². The average molecular weight is 315 g/mol. The van der Waals surface area contributed by atoms with Crippen molar-refractivity contribution in [3.8, 4) is 0 Å². The van der Waals surface area contributed by atoms with Crippen LogP contribution in [0.1, 0.15) is 16.5 Å². The summed E-state index contributed by atoms with van der Waals surface area (Å²) >= 11 is 4.89. The molecule has 17 heavy (non-hydrogen) atoms. The van der Waals surface area contributed by atoms with Gasteiger partial charge in [0.25, 0.3) is 0 Å². The molecule has 2 rings (SSSR count). The number of rotatable bonds is 4. The number of hydrogen-bond acceptors (Lipinski definition) is 3. The van der Waals surface area contributed by atoms with Crippen LogP contribution in [-0.4, -0.2) is 12.0 Å². The van der Waals surface area contributed by atoms with Gasteiger partial charge in [0.15, 0.2) is 0 Å². The maximum atomic E-state index is 13.4. The molecule has 0 saturated carbocycles. The molecule has 0 fully saturated rings. The molecule has 1 atom stereocenters. The van der Waals surface area contributed by atoms with E-state index in [-0.39, 0.29) is 11.9 Å². The first-order valence-corrected chi connectivity index (χ1v) is 6.88. The van der Waals surface area contributed by atoms with Crippen molar-refractivity contribution in [2.75, 3.05) is 7.05 Å². The van der Waals surface area contributed by atoms with E-state index in [1.807, 2.05) is 19.3 Å². The largest absolute Gasteiger partial charge is 0.312 e. The molecule has 0 aliphatic heterocycles. The lowest BCUT2D eigenvalue weighted by molar-refractivity contribution is 0.586. The minimum absolute atomic E-state index is 0.167. The van der Waals surface area contributed by atoms with Crippen molar-refractivity contribution in [1.82, 2.24) is 10.3 Å².